The van der Waals surface area contributed by atoms with Crippen LogP contribution in [0, 0.1) is 12.7 Å². The Bertz CT molecular complexity index is 853. The third-order valence-electron chi connectivity index (χ3n) is 4.31. The third kappa shape index (κ3) is 1.93. The zero-order valence-corrected chi connectivity index (χ0v) is 13.2. The summed E-state index contributed by atoms with van der Waals surface area (Å²) in [6, 6.07) is 12.1. The van der Waals surface area contributed by atoms with Gasteiger partial charge in [-0.1, -0.05) is 24.3 Å². The summed E-state index contributed by atoms with van der Waals surface area (Å²) in [7, 11) is 0. The quantitative estimate of drug-likeness (QED) is 0.621. The number of halogens is 2. The van der Waals surface area contributed by atoms with Gasteiger partial charge in [-0.25, -0.2) is 9.37 Å². The first-order valence-corrected chi connectivity index (χ1v) is 7.86. The van der Waals surface area contributed by atoms with Crippen LogP contribution in [-0.2, 0) is 6.42 Å². The number of hydrogen-bond donors (Lipinski definition) is 0. The number of benzene rings is 2. The molecule has 0 spiro atoms. The van der Waals surface area contributed by atoms with Gasteiger partial charge < -0.3 is 4.57 Å². The number of imidazole rings is 1. The van der Waals surface area contributed by atoms with Gasteiger partial charge in [-0.05, 0) is 46.5 Å². The summed E-state index contributed by atoms with van der Waals surface area (Å²) in [6.45, 7) is 2.14. The molecule has 21 heavy (non-hydrogen) atoms. The van der Waals surface area contributed by atoms with E-state index in [-0.39, 0.29) is 5.82 Å². The molecule has 2 heterocycles. The molecule has 1 aliphatic heterocycles. The zero-order chi connectivity index (χ0) is 14.6. The Balaban J connectivity index is 1.95. The van der Waals surface area contributed by atoms with Gasteiger partial charge in [-0.3, -0.25) is 0 Å². The fourth-order valence-electron chi connectivity index (χ4n) is 3.31. The summed E-state index contributed by atoms with van der Waals surface area (Å²) in [5.74, 6) is 0.794. The van der Waals surface area contributed by atoms with Crippen LogP contribution in [0.2, 0.25) is 0 Å². The van der Waals surface area contributed by atoms with Crippen LogP contribution in [0.25, 0.3) is 11.0 Å². The minimum Gasteiger partial charge on any atom is -0.320 e. The number of aryl methyl sites for hydroxylation is 2. The molecule has 4 heteroatoms. The molecule has 0 amide bonds. The van der Waals surface area contributed by atoms with Crippen molar-refractivity contribution in [2.24, 2.45) is 0 Å². The highest BCUT2D eigenvalue weighted by atomic mass is 79.9. The lowest BCUT2D eigenvalue weighted by Gasteiger charge is -2.17. The first kappa shape index (κ1) is 13.0. The largest absolute Gasteiger partial charge is 0.320 e. The van der Waals surface area contributed by atoms with Crippen molar-refractivity contribution in [3.8, 4) is 0 Å². The second kappa shape index (κ2) is 4.67. The Morgan fingerprint density at radius 1 is 1.29 bits per heavy atom. The van der Waals surface area contributed by atoms with Crippen LogP contribution in [-0.4, -0.2) is 9.55 Å². The van der Waals surface area contributed by atoms with Gasteiger partial charge in [0, 0.05) is 12.5 Å². The predicted octanol–water partition coefficient (Wildman–Crippen LogP) is 4.78. The topological polar surface area (TPSA) is 17.8 Å². The number of fused-ring (bicyclic) bond motifs is 3. The van der Waals surface area contributed by atoms with Crippen molar-refractivity contribution in [1.82, 2.24) is 9.55 Å². The summed E-state index contributed by atoms with van der Waals surface area (Å²) in [4.78, 5) is 4.60. The minimum atomic E-state index is -0.258. The van der Waals surface area contributed by atoms with Crippen molar-refractivity contribution < 1.29 is 4.39 Å². The predicted molar refractivity (Wildman–Crippen MR) is 85.0 cm³/mol. The Labute approximate surface area is 130 Å². The molecule has 0 bridgehead atoms. The summed E-state index contributed by atoms with van der Waals surface area (Å²) in [5, 5.41) is 0. The van der Waals surface area contributed by atoms with E-state index in [1.807, 2.05) is 6.07 Å². The molecular weight excluding hydrogens is 331 g/mol. The Morgan fingerprint density at radius 3 is 2.90 bits per heavy atom. The van der Waals surface area contributed by atoms with Gasteiger partial charge in [0.25, 0.3) is 0 Å². The van der Waals surface area contributed by atoms with Gasteiger partial charge in [0.1, 0.15) is 11.6 Å². The van der Waals surface area contributed by atoms with Crippen LogP contribution in [0.1, 0.15) is 29.4 Å². The highest BCUT2D eigenvalue weighted by Gasteiger charge is 2.28. The van der Waals surface area contributed by atoms with Crippen molar-refractivity contribution in [1.29, 1.82) is 0 Å². The SMILES string of the molecule is Cc1ccccc1[C@H]1CCc2nc3cc(F)c(Br)cc3n21. The van der Waals surface area contributed by atoms with E-state index in [0.717, 1.165) is 29.7 Å². The van der Waals surface area contributed by atoms with Crippen molar-refractivity contribution >= 4 is 27.0 Å². The Kier molecular flexibility index (Phi) is 2.89. The molecule has 106 valence electrons. The zero-order valence-electron chi connectivity index (χ0n) is 11.6. The van der Waals surface area contributed by atoms with Crippen LogP contribution >= 0.6 is 15.9 Å². The lowest BCUT2D eigenvalue weighted by molar-refractivity contribution is 0.619. The summed E-state index contributed by atoms with van der Waals surface area (Å²) >= 11 is 3.28. The number of hydrogen-bond acceptors (Lipinski definition) is 1. The number of aromatic nitrogens is 2. The van der Waals surface area contributed by atoms with Crippen molar-refractivity contribution in [2.75, 3.05) is 0 Å². The molecule has 2 nitrogen and oxygen atoms in total. The van der Waals surface area contributed by atoms with Gasteiger partial charge >= 0.3 is 0 Å². The highest BCUT2D eigenvalue weighted by molar-refractivity contribution is 9.10. The van der Waals surface area contributed by atoms with E-state index in [2.05, 4.69) is 56.7 Å². The van der Waals surface area contributed by atoms with E-state index < -0.39 is 0 Å². The highest BCUT2D eigenvalue weighted by Crippen LogP contribution is 2.37. The lowest BCUT2D eigenvalue weighted by atomic mass is 9.99. The van der Waals surface area contributed by atoms with Crippen LogP contribution < -0.4 is 0 Å². The van der Waals surface area contributed by atoms with Gasteiger partial charge in [0.2, 0.25) is 0 Å². The molecule has 0 fully saturated rings. The van der Waals surface area contributed by atoms with E-state index in [1.54, 1.807) is 0 Å². The lowest BCUT2D eigenvalue weighted by Crippen LogP contribution is -2.07. The second-order valence-corrected chi connectivity index (χ2v) is 6.42. The van der Waals surface area contributed by atoms with Crippen molar-refractivity contribution in [3.63, 3.8) is 0 Å². The first-order chi connectivity index (χ1) is 10.1. The van der Waals surface area contributed by atoms with E-state index in [4.69, 9.17) is 0 Å². The Hall–Kier alpha value is -1.68. The van der Waals surface area contributed by atoms with E-state index in [9.17, 15) is 4.39 Å². The first-order valence-electron chi connectivity index (χ1n) is 7.06. The smallest absolute Gasteiger partial charge is 0.139 e. The molecule has 2 aromatic carbocycles. The molecule has 0 unspecified atom stereocenters. The number of nitrogens with zero attached hydrogens (tertiary/aromatic N) is 2. The fraction of sp³-hybridized carbons (Fsp3) is 0.235. The van der Waals surface area contributed by atoms with E-state index in [0.29, 0.717) is 10.5 Å². The van der Waals surface area contributed by atoms with Crippen LogP contribution in [0.5, 0.6) is 0 Å². The molecule has 0 N–H and O–H groups in total. The fourth-order valence-corrected chi connectivity index (χ4v) is 3.65. The molecule has 0 saturated carbocycles. The summed E-state index contributed by atoms with van der Waals surface area (Å²) in [6.07, 6.45) is 1.99. The molecule has 4 rings (SSSR count). The molecular formula is C17H14BrFN2. The van der Waals surface area contributed by atoms with Crippen LogP contribution in [0.3, 0.4) is 0 Å². The van der Waals surface area contributed by atoms with Crippen molar-refractivity contribution in [3.05, 3.63) is 63.6 Å². The monoisotopic (exact) mass is 344 g/mol. The van der Waals surface area contributed by atoms with Crippen LogP contribution in [0.4, 0.5) is 4.39 Å². The number of rotatable bonds is 1. The van der Waals surface area contributed by atoms with Gasteiger partial charge in [-0.2, -0.15) is 0 Å². The molecule has 0 saturated heterocycles. The molecule has 3 aromatic rings. The van der Waals surface area contributed by atoms with Gasteiger partial charge in [0.05, 0.1) is 21.5 Å². The van der Waals surface area contributed by atoms with Crippen molar-refractivity contribution in [2.45, 2.75) is 25.8 Å². The van der Waals surface area contributed by atoms with E-state index in [1.165, 1.54) is 17.2 Å². The average molecular weight is 345 g/mol. The standard InChI is InChI=1S/C17H14BrFN2/c1-10-4-2-3-5-11(10)15-6-7-17-20-14-9-13(19)12(18)8-16(14)21(15)17/h2-5,8-9,15H,6-7H2,1H3/t15-/m1/s1. The average Bonchev–Trinajstić information content (AvgIpc) is 3.00. The second-order valence-electron chi connectivity index (χ2n) is 5.56. The molecule has 0 radical (unpaired) electrons. The van der Waals surface area contributed by atoms with E-state index >= 15 is 0 Å². The van der Waals surface area contributed by atoms with Crippen LogP contribution in [0.15, 0.2) is 40.9 Å². The molecule has 1 aliphatic rings. The molecule has 1 aromatic heterocycles. The maximum Gasteiger partial charge on any atom is 0.139 e. The Morgan fingerprint density at radius 2 is 2.10 bits per heavy atom. The summed E-state index contributed by atoms with van der Waals surface area (Å²) in [5.41, 5.74) is 4.36. The maximum atomic E-state index is 13.7. The maximum absolute atomic E-state index is 13.7. The normalized spacial score (nSPS) is 17.4. The molecule has 1 atom stereocenters. The third-order valence-corrected chi connectivity index (χ3v) is 4.91. The van der Waals surface area contributed by atoms with Gasteiger partial charge in [-0.15, -0.1) is 0 Å². The summed E-state index contributed by atoms with van der Waals surface area (Å²) < 4.78 is 16.5. The minimum absolute atomic E-state index is 0.258. The van der Waals surface area contributed by atoms with Gasteiger partial charge in [0.15, 0.2) is 0 Å². The molecule has 0 aliphatic carbocycles.